The lowest BCUT2D eigenvalue weighted by molar-refractivity contribution is 0.664. The summed E-state index contributed by atoms with van der Waals surface area (Å²) in [5.74, 6) is 0.445. The highest BCUT2D eigenvalue weighted by Crippen LogP contribution is 2.43. The second-order valence-corrected chi connectivity index (χ2v) is 8.12. The minimum Gasteiger partial charge on any atom is -0.315 e. The number of nitrogens with one attached hydrogen (secondary N) is 1. The molecule has 0 amide bonds. The first kappa shape index (κ1) is 12.9. The van der Waals surface area contributed by atoms with Gasteiger partial charge in [0, 0.05) is 12.5 Å². The fourth-order valence-electron chi connectivity index (χ4n) is 2.53. The van der Waals surface area contributed by atoms with Crippen molar-refractivity contribution in [3.63, 3.8) is 0 Å². The molecule has 0 bridgehead atoms. The Labute approximate surface area is 128 Å². The fraction of sp³-hybridized carbons (Fsp3) is 0.286. The number of thiophene rings is 1. The largest absolute Gasteiger partial charge is 0.315 e. The molecule has 0 radical (unpaired) electrons. The number of hydrogen-bond donors (Lipinski definition) is 1. The predicted octanol–water partition coefficient (Wildman–Crippen LogP) is 4.55. The van der Waals surface area contributed by atoms with Crippen molar-refractivity contribution >= 4 is 43.2 Å². The van der Waals surface area contributed by atoms with E-state index in [1.165, 1.54) is 24.3 Å². The Morgan fingerprint density at radius 2 is 1.89 bits per heavy atom. The molecule has 4 heteroatoms. The van der Waals surface area contributed by atoms with E-state index in [0.717, 1.165) is 19.5 Å². The van der Waals surface area contributed by atoms with Gasteiger partial charge >= 0.3 is 0 Å². The molecule has 3 rings (SSSR count). The smallest absolute Gasteiger partial charge is 0.0752 e. The van der Waals surface area contributed by atoms with Gasteiger partial charge in [0.15, 0.2) is 0 Å². The van der Waals surface area contributed by atoms with E-state index in [2.05, 4.69) is 67.5 Å². The second kappa shape index (κ2) is 5.45. The first-order chi connectivity index (χ1) is 8.77. The number of benzene rings is 1. The lowest BCUT2D eigenvalue weighted by Crippen LogP contribution is -2.20. The van der Waals surface area contributed by atoms with E-state index in [4.69, 9.17) is 0 Å². The van der Waals surface area contributed by atoms with Crippen molar-refractivity contribution in [2.75, 3.05) is 13.1 Å². The van der Waals surface area contributed by atoms with Crippen molar-refractivity contribution in [2.45, 2.75) is 12.3 Å². The van der Waals surface area contributed by atoms with Crippen molar-refractivity contribution in [1.29, 1.82) is 0 Å². The van der Waals surface area contributed by atoms with E-state index in [9.17, 15) is 0 Å². The van der Waals surface area contributed by atoms with Crippen LogP contribution in [0.1, 0.15) is 22.6 Å². The Morgan fingerprint density at radius 3 is 2.67 bits per heavy atom. The third kappa shape index (κ3) is 2.31. The van der Waals surface area contributed by atoms with Crippen LogP contribution in [-0.4, -0.2) is 13.1 Å². The number of hydrogen-bond acceptors (Lipinski definition) is 2. The minimum atomic E-state index is 0.445. The Hall–Kier alpha value is -0.160. The third-order valence-corrected chi connectivity index (χ3v) is 6.11. The van der Waals surface area contributed by atoms with Crippen molar-refractivity contribution < 1.29 is 0 Å². The van der Waals surface area contributed by atoms with Gasteiger partial charge in [0.2, 0.25) is 0 Å². The Bertz CT molecular complexity index is 550. The first-order valence-electron chi connectivity index (χ1n) is 5.99. The third-order valence-electron chi connectivity index (χ3n) is 3.40. The van der Waals surface area contributed by atoms with Crippen molar-refractivity contribution in [3.05, 3.63) is 54.6 Å². The van der Waals surface area contributed by atoms with E-state index in [-0.39, 0.29) is 0 Å². The van der Waals surface area contributed by atoms with Gasteiger partial charge in [0.05, 0.1) is 7.57 Å². The van der Waals surface area contributed by atoms with Gasteiger partial charge in [-0.25, -0.2) is 0 Å². The average molecular weight is 387 g/mol. The van der Waals surface area contributed by atoms with Crippen molar-refractivity contribution in [2.24, 2.45) is 0 Å². The normalized spacial score (nSPS) is 19.3. The molecule has 94 valence electrons. The summed E-state index contributed by atoms with van der Waals surface area (Å²) in [5, 5.41) is 3.55. The van der Waals surface area contributed by atoms with Crippen LogP contribution in [0.4, 0.5) is 0 Å². The van der Waals surface area contributed by atoms with Gasteiger partial charge in [-0.2, -0.15) is 0 Å². The van der Waals surface area contributed by atoms with Crippen LogP contribution in [0.3, 0.4) is 0 Å². The van der Waals surface area contributed by atoms with Gasteiger partial charge in [0.25, 0.3) is 0 Å². The van der Waals surface area contributed by atoms with Crippen LogP contribution in [0.5, 0.6) is 0 Å². The van der Waals surface area contributed by atoms with Gasteiger partial charge in [-0.3, -0.25) is 0 Å². The summed E-state index contributed by atoms with van der Waals surface area (Å²) in [6.45, 7) is 2.07. The number of fused-ring (bicyclic) bond motifs is 1. The number of rotatable bonds is 1. The standard InChI is InChI=1S/C14H13Br2NS/c15-13-10-6-7-17-8-11(12(10)14(16)18-13)9-4-2-1-3-5-9/h1-5,11,17H,6-8H2. The van der Waals surface area contributed by atoms with Crippen LogP contribution < -0.4 is 5.32 Å². The molecule has 1 unspecified atom stereocenters. The summed E-state index contributed by atoms with van der Waals surface area (Å²) in [6, 6.07) is 10.8. The summed E-state index contributed by atoms with van der Waals surface area (Å²) >= 11 is 9.23. The van der Waals surface area contributed by atoms with E-state index < -0.39 is 0 Å². The van der Waals surface area contributed by atoms with Crippen molar-refractivity contribution in [3.8, 4) is 0 Å². The molecule has 2 aromatic rings. The maximum atomic E-state index is 3.74. The molecule has 0 spiro atoms. The van der Waals surface area contributed by atoms with Crippen LogP contribution in [0, 0.1) is 0 Å². The predicted molar refractivity (Wildman–Crippen MR) is 84.6 cm³/mol. The van der Waals surface area contributed by atoms with E-state index in [1.54, 1.807) is 11.3 Å². The lowest BCUT2D eigenvalue weighted by Gasteiger charge is -2.16. The van der Waals surface area contributed by atoms with Crippen LogP contribution in [0.2, 0.25) is 0 Å². The second-order valence-electron chi connectivity index (χ2n) is 4.46. The first-order valence-corrected chi connectivity index (χ1v) is 8.40. The zero-order chi connectivity index (χ0) is 12.5. The van der Waals surface area contributed by atoms with Crippen LogP contribution in [0.25, 0.3) is 0 Å². The van der Waals surface area contributed by atoms with E-state index in [1.807, 2.05) is 0 Å². The zero-order valence-corrected chi connectivity index (χ0v) is 13.7. The topological polar surface area (TPSA) is 12.0 Å². The summed E-state index contributed by atoms with van der Waals surface area (Å²) < 4.78 is 2.54. The average Bonchev–Trinajstić information content (AvgIpc) is 2.58. The van der Waals surface area contributed by atoms with Gasteiger partial charge in [-0.15, -0.1) is 11.3 Å². The quantitative estimate of drug-likeness (QED) is 0.757. The van der Waals surface area contributed by atoms with Gasteiger partial charge < -0.3 is 5.32 Å². The number of halogens is 2. The molecule has 1 aliphatic heterocycles. The van der Waals surface area contributed by atoms with Gasteiger partial charge in [-0.05, 0) is 61.5 Å². The molecular weight excluding hydrogens is 374 g/mol. The summed E-state index contributed by atoms with van der Waals surface area (Å²) in [5.41, 5.74) is 4.31. The Balaban J connectivity index is 2.12. The molecule has 0 saturated heterocycles. The maximum absolute atomic E-state index is 3.74. The molecule has 1 nitrogen and oxygen atoms in total. The lowest BCUT2D eigenvalue weighted by atomic mass is 9.91. The summed E-state index contributed by atoms with van der Waals surface area (Å²) in [4.78, 5) is 0. The highest BCUT2D eigenvalue weighted by Gasteiger charge is 2.26. The van der Waals surface area contributed by atoms with Crippen LogP contribution in [0.15, 0.2) is 37.9 Å². The van der Waals surface area contributed by atoms with E-state index in [0.29, 0.717) is 5.92 Å². The van der Waals surface area contributed by atoms with Crippen molar-refractivity contribution in [1.82, 2.24) is 5.32 Å². The molecule has 1 atom stereocenters. The molecule has 1 aromatic heterocycles. The highest BCUT2D eigenvalue weighted by atomic mass is 79.9. The summed E-state index contributed by atoms with van der Waals surface area (Å²) in [7, 11) is 0. The molecule has 18 heavy (non-hydrogen) atoms. The Kier molecular flexibility index (Phi) is 3.89. The molecule has 1 aliphatic rings. The molecule has 2 heterocycles. The van der Waals surface area contributed by atoms with E-state index >= 15 is 0 Å². The SMILES string of the molecule is Brc1sc(Br)c2c1CCNCC2c1ccccc1. The van der Waals surface area contributed by atoms with Crippen LogP contribution in [-0.2, 0) is 6.42 Å². The maximum Gasteiger partial charge on any atom is 0.0752 e. The monoisotopic (exact) mass is 385 g/mol. The summed E-state index contributed by atoms with van der Waals surface area (Å²) in [6.07, 6.45) is 1.10. The fourth-order valence-corrected chi connectivity index (χ4v) is 5.95. The molecule has 0 saturated carbocycles. The zero-order valence-electron chi connectivity index (χ0n) is 9.75. The van der Waals surface area contributed by atoms with Gasteiger partial charge in [-0.1, -0.05) is 30.3 Å². The molecule has 0 aliphatic carbocycles. The molecule has 1 aromatic carbocycles. The van der Waals surface area contributed by atoms with Gasteiger partial charge in [0.1, 0.15) is 0 Å². The molecule has 1 N–H and O–H groups in total. The minimum absolute atomic E-state index is 0.445. The molecule has 0 fully saturated rings. The highest BCUT2D eigenvalue weighted by molar-refractivity contribution is 9.12. The molecular formula is C14H13Br2NS. The Morgan fingerprint density at radius 1 is 1.11 bits per heavy atom. The van der Waals surface area contributed by atoms with Crippen LogP contribution >= 0.6 is 43.2 Å².